The van der Waals surface area contributed by atoms with E-state index in [0.29, 0.717) is 0 Å². The van der Waals surface area contributed by atoms with Crippen LogP contribution < -0.4 is 9.43 Å². The SMILES string of the molecule is [B](Oc1cccs1)c1cccs1. The maximum atomic E-state index is 5.39. The fraction of sp³-hybridized carbons (Fsp3) is 0. The summed E-state index contributed by atoms with van der Waals surface area (Å²) in [7, 11) is 1.77. The molecule has 2 rings (SSSR count). The summed E-state index contributed by atoms with van der Waals surface area (Å²) < 4.78 is 6.54. The van der Waals surface area contributed by atoms with Gasteiger partial charge in [0.05, 0.1) is 0 Å². The van der Waals surface area contributed by atoms with E-state index in [1.807, 2.05) is 35.0 Å². The Morgan fingerprint density at radius 3 is 2.58 bits per heavy atom. The monoisotopic (exact) mass is 193 g/mol. The second-order valence-corrected chi connectivity index (χ2v) is 4.07. The van der Waals surface area contributed by atoms with Gasteiger partial charge in [-0.1, -0.05) is 12.1 Å². The molecule has 0 aliphatic carbocycles. The van der Waals surface area contributed by atoms with E-state index in [2.05, 4.69) is 0 Å². The van der Waals surface area contributed by atoms with E-state index < -0.39 is 0 Å². The smallest absolute Gasteiger partial charge is 0.420 e. The molecule has 0 fully saturated rings. The first-order valence-corrected chi connectivity index (χ1v) is 5.28. The fourth-order valence-electron chi connectivity index (χ4n) is 0.805. The Balaban J connectivity index is 1.91. The summed E-state index contributed by atoms with van der Waals surface area (Å²) in [4.78, 5) is 0. The Kier molecular flexibility index (Phi) is 2.49. The minimum Gasteiger partial charge on any atom is -0.550 e. The van der Waals surface area contributed by atoms with Crippen LogP contribution in [0, 0.1) is 0 Å². The first-order chi connectivity index (χ1) is 5.95. The van der Waals surface area contributed by atoms with Crippen molar-refractivity contribution in [2.24, 2.45) is 0 Å². The molecule has 1 radical (unpaired) electrons. The lowest BCUT2D eigenvalue weighted by molar-refractivity contribution is 0.623. The third kappa shape index (κ3) is 1.90. The van der Waals surface area contributed by atoms with Gasteiger partial charge >= 0.3 is 7.48 Å². The number of rotatable bonds is 3. The molecular formula is C8H6BOS2. The van der Waals surface area contributed by atoms with Crippen LogP contribution in [0.4, 0.5) is 0 Å². The number of thiophene rings is 2. The molecule has 2 heterocycles. The Morgan fingerprint density at radius 1 is 1.08 bits per heavy atom. The lowest BCUT2D eigenvalue weighted by Crippen LogP contribution is -2.15. The normalized spacial score (nSPS) is 9.67. The lowest BCUT2D eigenvalue weighted by atomic mass is 9.99. The summed E-state index contributed by atoms with van der Waals surface area (Å²) in [6, 6.07) is 7.96. The maximum absolute atomic E-state index is 5.39. The van der Waals surface area contributed by atoms with E-state index in [9.17, 15) is 0 Å². The van der Waals surface area contributed by atoms with Crippen LogP contribution in [0.25, 0.3) is 0 Å². The third-order valence-corrected chi connectivity index (χ3v) is 2.89. The van der Waals surface area contributed by atoms with E-state index in [4.69, 9.17) is 4.65 Å². The first kappa shape index (κ1) is 7.89. The fourth-order valence-corrected chi connectivity index (χ4v) is 1.93. The first-order valence-electron chi connectivity index (χ1n) is 3.52. The molecule has 0 atom stereocenters. The van der Waals surface area contributed by atoms with Gasteiger partial charge in [0.2, 0.25) is 0 Å². The van der Waals surface area contributed by atoms with Crippen LogP contribution in [0.15, 0.2) is 35.0 Å². The quantitative estimate of drug-likeness (QED) is 0.678. The molecule has 59 valence electrons. The predicted molar refractivity (Wildman–Crippen MR) is 54.7 cm³/mol. The summed E-state index contributed by atoms with van der Waals surface area (Å²) in [5, 5.41) is 4.96. The molecule has 0 spiro atoms. The zero-order valence-electron chi connectivity index (χ0n) is 6.27. The van der Waals surface area contributed by atoms with Crippen LogP contribution in [-0.4, -0.2) is 7.48 Å². The molecule has 0 saturated heterocycles. The van der Waals surface area contributed by atoms with Crippen molar-refractivity contribution in [3.05, 3.63) is 35.0 Å². The van der Waals surface area contributed by atoms with Gasteiger partial charge in [-0.2, -0.15) is 11.3 Å². The van der Waals surface area contributed by atoms with Gasteiger partial charge in [0.1, 0.15) is 0 Å². The maximum Gasteiger partial charge on any atom is 0.420 e. The summed E-state index contributed by atoms with van der Waals surface area (Å²) in [5.41, 5.74) is 0. The second kappa shape index (κ2) is 3.78. The molecule has 2 aromatic rings. The van der Waals surface area contributed by atoms with Crippen molar-refractivity contribution in [1.82, 2.24) is 0 Å². The topological polar surface area (TPSA) is 9.23 Å². The van der Waals surface area contributed by atoms with Crippen LogP contribution >= 0.6 is 22.7 Å². The highest BCUT2D eigenvalue weighted by atomic mass is 32.1. The van der Waals surface area contributed by atoms with Crippen molar-refractivity contribution in [2.75, 3.05) is 0 Å². The summed E-state index contributed by atoms with van der Waals surface area (Å²) in [6.45, 7) is 0. The Hall–Kier alpha value is -0.735. The van der Waals surface area contributed by atoms with E-state index >= 15 is 0 Å². The van der Waals surface area contributed by atoms with Crippen molar-refractivity contribution < 1.29 is 4.65 Å². The Bertz CT molecular complexity index is 280. The van der Waals surface area contributed by atoms with E-state index in [1.165, 1.54) is 0 Å². The van der Waals surface area contributed by atoms with Crippen LogP contribution in [0.1, 0.15) is 0 Å². The highest BCUT2D eigenvalue weighted by molar-refractivity contribution is 7.19. The van der Waals surface area contributed by atoms with E-state index in [1.54, 1.807) is 30.2 Å². The van der Waals surface area contributed by atoms with Crippen molar-refractivity contribution >= 4 is 34.9 Å². The molecule has 1 nitrogen and oxygen atoms in total. The molecule has 0 aliphatic rings. The largest absolute Gasteiger partial charge is 0.550 e. The Morgan fingerprint density at radius 2 is 1.92 bits per heavy atom. The van der Waals surface area contributed by atoms with Crippen molar-refractivity contribution in [1.29, 1.82) is 0 Å². The molecule has 0 bridgehead atoms. The molecule has 0 aromatic carbocycles. The highest BCUT2D eigenvalue weighted by Crippen LogP contribution is 2.17. The number of hydrogen-bond donors (Lipinski definition) is 0. The second-order valence-electron chi connectivity index (χ2n) is 2.18. The van der Waals surface area contributed by atoms with E-state index in [0.717, 1.165) is 9.84 Å². The molecule has 0 N–H and O–H groups in total. The average Bonchev–Trinajstić information content (AvgIpc) is 2.74. The molecule has 12 heavy (non-hydrogen) atoms. The van der Waals surface area contributed by atoms with Gasteiger partial charge in [-0.3, -0.25) is 0 Å². The van der Waals surface area contributed by atoms with Crippen molar-refractivity contribution in [3.63, 3.8) is 0 Å². The van der Waals surface area contributed by atoms with Gasteiger partial charge in [0.15, 0.2) is 5.06 Å². The predicted octanol–water partition coefficient (Wildman–Crippen LogP) is 2.13. The molecule has 2 aromatic heterocycles. The number of hydrogen-bond acceptors (Lipinski definition) is 3. The third-order valence-electron chi connectivity index (χ3n) is 1.33. The molecule has 0 unspecified atom stereocenters. The average molecular weight is 193 g/mol. The van der Waals surface area contributed by atoms with Crippen LogP contribution in [-0.2, 0) is 0 Å². The minimum atomic E-state index is 0.934. The zero-order valence-corrected chi connectivity index (χ0v) is 7.90. The molecule has 0 amide bonds. The van der Waals surface area contributed by atoms with Gasteiger partial charge in [0, 0.05) is 4.78 Å². The Labute approximate surface area is 79.9 Å². The molecule has 0 saturated carbocycles. The highest BCUT2D eigenvalue weighted by Gasteiger charge is 2.00. The summed E-state index contributed by atoms with van der Waals surface area (Å²) >= 11 is 3.26. The van der Waals surface area contributed by atoms with Gasteiger partial charge in [0.25, 0.3) is 0 Å². The standard InChI is InChI=1S/C8H6BOS2/c1-3-7(11-5-1)9-10-8-4-2-6-12-8/h1-6H. The molecule has 4 heteroatoms. The van der Waals surface area contributed by atoms with Gasteiger partial charge in [-0.05, 0) is 22.9 Å². The molecular weight excluding hydrogens is 187 g/mol. The summed E-state index contributed by atoms with van der Waals surface area (Å²) in [5.74, 6) is 0. The zero-order chi connectivity index (χ0) is 8.23. The van der Waals surface area contributed by atoms with Crippen molar-refractivity contribution in [3.8, 4) is 5.06 Å². The van der Waals surface area contributed by atoms with Crippen molar-refractivity contribution in [2.45, 2.75) is 0 Å². The van der Waals surface area contributed by atoms with Gasteiger partial charge < -0.3 is 4.65 Å². The summed E-state index contributed by atoms with van der Waals surface area (Å²) in [6.07, 6.45) is 0. The van der Waals surface area contributed by atoms with Crippen LogP contribution in [0.2, 0.25) is 0 Å². The van der Waals surface area contributed by atoms with Crippen LogP contribution in [0.3, 0.4) is 0 Å². The van der Waals surface area contributed by atoms with E-state index in [-0.39, 0.29) is 0 Å². The molecule has 0 aliphatic heterocycles. The van der Waals surface area contributed by atoms with Gasteiger partial charge in [-0.25, -0.2) is 0 Å². The minimum absolute atomic E-state index is 0.934. The lowest BCUT2D eigenvalue weighted by Gasteiger charge is -1.96. The van der Waals surface area contributed by atoms with Crippen LogP contribution in [0.5, 0.6) is 5.06 Å². The van der Waals surface area contributed by atoms with Gasteiger partial charge in [-0.15, -0.1) is 11.3 Å².